The first-order chi connectivity index (χ1) is 16.3. The summed E-state index contributed by atoms with van der Waals surface area (Å²) >= 11 is 0. The van der Waals surface area contributed by atoms with Gasteiger partial charge >= 0.3 is 12.2 Å². The Kier molecular flexibility index (Phi) is 7.66. The normalized spacial score (nSPS) is 11.8. The quantitative estimate of drug-likeness (QED) is 0.382. The minimum atomic E-state index is -4.62. The largest absolute Gasteiger partial charge is 0.508 e. The van der Waals surface area contributed by atoms with Crippen LogP contribution in [-0.2, 0) is 29.3 Å². The molecule has 2 aromatic carbocycles. The lowest BCUT2D eigenvalue weighted by Crippen LogP contribution is -2.28. The fourth-order valence-electron chi connectivity index (χ4n) is 3.18. The van der Waals surface area contributed by atoms with Crippen molar-refractivity contribution in [1.29, 1.82) is 0 Å². The van der Waals surface area contributed by atoms with Crippen molar-refractivity contribution in [3.63, 3.8) is 0 Å². The van der Waals surface area contributed by atoms with Gasteiger partial charge in [-0.05, 0) is 30.7 Å². The van der Waals surface area contributed by atoms with Crippen LogP contribution in [0, 0.1) is 6.92 Å². The van der Waals surface area contributed by atoms with E-state index in [0.29, 0.717) is 16.7 Å². The number of aryl methyl sites for hydroxylation is 1. The highest BCUT2D eigenvalue weighted by Gasteiger charge is 2.33. The van der Waals surface area contributed by atoms with Crippen molar-refractivity contribution < 1.29 is 31.5 Å². The first-order valence-electron chi connectivity index (χ1n) is 10.3. The SMILES string of the molecule is Cc1cccc(-c2nc(C(F)(F)F)ccc2CNC(=O)Nc2ccc(CNS(C)(=O)=O)c(O)c2)c1. The van der Waals surface area contributed by atoms with E-state index in [1.54, 1.807) is 31.2 Å². The number of benzene rings is 2. The predicted octanol–water partition coefficient (Wildman–Crippen LogP) is 4.15. The summed E-state index contributed by atoms with van der Waals surface area (Å²) < 4.78 is 64.3. The molecule has 0 radical (unpaired) electrons. The number of pyridine rings is 1. The highest BCUT2D eigenvalue weighted by atomic mass is 32.2. The van der Waals surface area contributed by atoms with E-state index in [0.717, 1.165) is 17.9 Å². The van der Waals surface area contributed by atoms with Crippen molar-refractivity contribution in [1.82, 2.24) is 15.0 Å². The molecule has 186 valence electrons. The zero-order valence-electron chi connectivity index (χ0n) is 18.8. The first-order valence-corrected chi connectivity index (χ1v) is 12.2. The van der Waals surface area contributed by atoms with Gasteiger partial charge in [-0.2, -0.15) is 13.2 Å². The second kappa shape index (κ2) is 10.3. The molecule has 1 aromatic heterocycles. The van der Waals surface area contributed by atoms with Crippen molar-refractivity contribution in [2.75, 3.05) is 11.6 Å². The van der Waals surface area contributed by atoms with Crippen LogP contribution in [0.4, 0.5) is 23.7 Å². The lowest BCUT2D eigenvalue weighted by molar-refractivity contribution is -0.141. The molecule has 0 fully saturated rings. The van der Waals surface area contributed by atoms with Gasteiger partial charge in [-0.3, -0.25) is 0 Å². The number of halogens is 3. The lowest BCUT2D eigenvalue weighted by Gasteiger charge is -2.15. The lowest BCUT2D eigenvalue weighted by atomic mass is 10.0. The number of aromatic nitrogens is 1. The Bertz CT molecular complexity index is 1340. The van der Waals surface area contributed by atoms with Crippen LogP contribution in [-0.4, -0.2) is 30.8 Å². The number of nitrogens with one attached hydrogen (secondary N) is 3. The average Bonchev–Trinajstić information content (AvgIpc) is 2.76. The molecular weight excluding hydrogens is 485 g/mol. The minimum Gasteiger partial charge on any atom is -0.508 e. The maximum absolute atomic E-state index is 13.2. The molecule has 0 aliphatic heterocycles. The highest BCUT2D eigenvalue weighted by molar-refractivity contribution is 7.88. The molecule has 3 rings (SSSR count). The maximum atomic E-state index is 13.2. The number of urea groups is 1. The van der Waals surface area contributed by atoms with Crippen LogP contribution in [0.5, 0.6) is 5.75 Å². The first kappa shape index (κ1) is 26.0. The molecule has 0 aliphatic carbocycles. The van der Waals surface area contributed by atoms with Crippen LogP contribution in [0.1, 0.15) is 22.4 Å². The molecule has 35 heavy (non-hydrogen) atoms. The van der Waals surface area contributed by atoms with Gasteiger partial charge in [0, 0.05) is 36.0 Å². The van der Waals surface area contributed by atoms with E-state index in [2.05, 4.69) is 20.3 Å². The third-order valence-corrected chi connectivity index (χ3v) is 5.54. The molecule has 2 amide bonds. The molecular formula is C23H23F3N4O4S. The summed E-state index contributed by atoms with van der Waals surface area (Å²) in [7, 11) is -3.45. The Labute approximate surface area is 200 Å². The Morgan fingerprint density at radius 1 is 1.03 bits per heavy atom. The van der Waals surface area contributed by atoms with Gasteiger partial charge in [0.25, 0.3) is 0 Å². The zero-order valence-corrected chi connectivity index (χ0v) is 19.6. The number of phenolic OH excluding ortho intramolecular Hbond substituents is 1. The fourth-order valence-corrected chi connectivity index (χ4v) is 3.60. The summed E-state index contributed by atoms with van der Waals surface area (Å²) in [4.78, 5) is 16.2. The molecule has 3 aromatic rings. The zero-order chi connectivity index (χ0) is 25.8. The Morgan fingerprint density at radius 3 is 2.37 bits per heavy atom. The number of carbonyl (C=O) groups is 1. The predicted molar refractivity (Wildman–Crippen MR) is 125 cm³/mol. The summed E-state index contributed by atoms with van der Waals surface area (Å²) in [5, 5.41) is 15.2. The molecule has 1 heterocycles. The number of aromatic hydroxyl groups is 1. The van der Waals surface area contributed by atoms with Gasteiger partial charge in [0.1, 0.15) is 11.4 Å². The number of hydrogen-bond donors (Lipinski definition) is 4. The molecule has 12 heteroatoms. The van der Waals surface area contributed by atoms with Crippen LogP contribution < -0.4 is 15.4 Å². The molecule has 0 aliphatic rings. The van der Waals surface area contributed by atoms with E-state index < -0.39 is 27.9 Å². The molecule has 0 bridgehead atoms. The Hall–Kier alpha value is -3.64. The molecule has 0 unspecified atom stereocenters. The summed E-state index contributed by atoms with van der Waals surface area (Å²) in [5.74, 6) is -0.229. The topological polar surface area (TPSA) is 120 Å². The van der Waals surface area contributed by atoms with Crippen LogP contribution >= 0.6 is 0 Å². The summed E-state index contributed by atoms with van der Waals surface area (Å²) in [6, 6.07) is 12.5. The van der Waals surface area contributed by atoms with Crippen molar-refractivity contribution in [2.45, 2.75) is 26.2 Å². The molecule has 0 spiro atoms. The molecule has 0 saturated heterocycles. The van der Waals surface area contributed by atoms with Gasteiger partial charge in [-0.1, -0.05) is 35.9 Å². The monoisotopic (exact) mass is 508 g/mol. The number of amides is 2. The summed E-state index contributed by atoms with van der Waals surface area (Å²) in [6.07, 6.45) is -3.63. The standard InChI is InChI=1S/C23H23F3N4O4S/c1-14-4-3-5-15(10-14)21-17(7-9-20(30-21)23(24,25)26)12-27-22(32)29-18-8-6-16(19(31)11-18)13-28-35(2,33)34/h3-11,28,31H,12-13H2,1-2H3,(H2,27,29,32). The average molecular weight is 509 g/mol. The van der Waals surface area contributed by atoms with Gasteiger partial charge in [0.2, 0.25) is 10.0 Å². The smallest absolute Gasteiger partial charge is 0.433 e. The van der Waals surface area contributed by atoms with E-state index in [1.165, 1.54) is 24.3 Å². The number of rotatable bonds is 7. The van der Waals surface area contributed by atoms with Crippen molar-refractivity contribution in [3.8, 4) is 17.0 Å². The summed E-state index contributed by atoms with van der Waals surface area (Å²) in [5.41, 5.74) is 1.30. The van der Waals surface area contributed by atoms with E-state index in [1.807, 2.05) is 0 Å². The van der Waals surface area contributed by atoms with Crippen LogP contribution in [0.15, 0.2) is 54.6 Å². The maximum Gasteiger partial charge on any atom is 0.433 e. The number of nitrogens with zero attached hydrogens (tertiary/aromatic N) is 1. The molecule has 0 atom stereocenters. The number of alkyl halides is 3. The van der Waals surface area contributed by atoms with Gasteiger partial charge in [-0.25, -0.2) is 22.9 Å². The molecule has 4 N–H and O–H groups in total. The minimum absolute atomic E-state index is 0.101. The van der Waals surface area contributed by atoms with Crippen molar-refractivity contribution in [3.05, 3.63) is 77.0 Å². The van der Waals surface area contributed by atoms with Gasteiger partial charge < -0.3 is 15.7 Å². The van der Waals surface area contributed by atoms with Crippen LogP contribution in [0.3, 0.4) is 0 Å². The molecule has 8 nitrogen and oxygen atoms in total. The second-order valence-electron chi connectivity index (χ2n) is 7.82. The van der Waals surface area contributed by atoms with E-state index in [-0.39, 0.29) is 30.2 Å². The number of sulfonamides is 1. The number of phenols is 1. The van der Waals surface area contributed by atoms with Crippen molar-refractivity contribution >= 4 is 21.7 Å². The van der Waals surface area contributed by atoms with E-state index >= 15 is 0 Å². The van der Waals surface area contributed by atoms with Gasteiger partial charge in [-0.15, -0.1) is 0 Å². The Balaban J connectivity index is 1.73. The van der Waals surface area contributed by atoms with Gasteiger partial charge in [0.15, 0.2) is 0 Å². The van der Waals surface area contributed by atoms with Crippen LogP contribution in [0.2, 0.25) is 0 Å². The highest BCUT2D eigenvalue weighted by Crippen LogP contribution is 2.31. The Morgan fingerprint density at radius 2 is 1.74 bits per heavy atom. The van der Waals surface area contributed by atoms with E-state index in [4.69, 9.17) is 0 Å². The second-order valence-corrected chi connectivity index (χ2v) is 9.65. The summed E-state index contributed by atoms with van der Waals surface area (Å²) in [6.45, 7) is 1.57. The number of hydrogen-bond acceptors (Lipinski definition) is 5. The third kappa shape index (κ3) is 7.42. The van der Waals surface area contributed by atoms with Gasteiger partial charge in [0.05, 0.1) is 11.9 Å². The third-order valence-electron chi connectivity index (χ3n) is 4.87. The fraction of sp³-hybridized carbons (Fsp3) is 0.217. The van der Waals surface area contributed by atoms with Crippen LogP contribution in [0.25, 0.3) is 11.3 Å². The van der Waals surface area contributed by atoms with E-state index in [9.17, 15) is 31.5 Å². The number of carbonyl (C=O) groups excluding carboxylic acids is 1. The molecule has 0 saturated carbocycles. The van der Waals surface area contributed by atoms with Crippen molar-refractivity contribution in [2.24, 2.45) is 0 Å². The number of anilines is 1.